The van der Waals surface area contributed by atoms with E-state index in [4.69, 9.17) is 16.3 Å². The van der Waals surface area contributed by atoms with Gasteiger partial charge in [-0.05, 0) is 12.1 Å². The molecule has 13 heavy (non-hydrogen) atoms. The zero-order valence-electron chi connectivity index (χ0n) is 6.76. The molecule has 0 unspecified atom stereocenters. The first kappa shape index (κ1) is 8.94. The van der Waals surface area contributed by atoms with Gasteiger partial charge in [0.25, 0.3) is 0 Å². The molecule has 1 N–H and O–H groups in total. The fourth-order valence-corrected chi connectivity index (χ4v) is 1.72. The summed E-state index contributed by atoms with van der Waals surface area (Å²) in [4.78, 5) is 0. The summed E-state index contributed by atoms with van der Waals surface area (Å²) in [5.74, 6) is -0.488. The van der Waals surface area contributed by atoms with E-state index in [-0.39, 0.29) is 23.8 Å². The molecule has 0 spiro atoms. The van der Waals surface area contributed by atoms with Crippen molar-refractivity contribution in [2.45, 2.75) is 5.60 Å². The van der Waals surface area contributed by atoms with Gasteiger partial charge in [-0.1, -0.05) is 17.7 Å². The van der Waals surface area contributed by atoms with Crippen LogP contribution in [0.5, 0.6) is 0 Å². The van der Waals surface area contributed by atoms with E-state index in [9.17, 15) is 9.50 Å². The second-order valence-electron chi connectivity index (χ2n) is 3.12. The summed E-state index contributed by atoms with van der Waals surface area (Å²) in [7, 11) is 0. The largest absolute Gasteiger partial charge is 0.380 e. The van der Waals surface area contributed by atoms with Gasteiger partial charge in [-0.15, -0.1) is 0 Å². The average molecular weight is 203 g/mol. The normalized spacial score (nSPS) is 19.6. The molecule has 1 fully saturated rings. The van der Waals surface area contributed by atoms with Gasteiger partial charge in [-0.3, -0.25) is 0 Å². The van der Waals surface area contributed by atoms with Crippen LogP contribution in [0.25, 0.3) is 0 Å². The van der Waals surface area contributed by atoms with Gasteiger partial charge in [0.15, 0.2) is 0 Å². The fourth-order valence-electron chi connectivity index (χ4n) is 1.38. The third-order valence-corrected chi connectivity index (χ3v) is 2.42. The van der Waals surface area contributed by atoms with Crippen LogP contribution in [0.2, 0.25) is 5.02 Å². The highest BCUT2D eigenvalue weighted by atomic mass is 35.5. The van der Waals surface area contributed by atoms with Crippen LogP contribution < -0.4 is 0 Å². The molecule has 0 aliphatic carbocycles. The van der Waals surface area contributed by atoms with Crippen LogP contribution >= 0.6 is 11.6 Å². The number of hydrogen-bond acceptors (Lipinski definition) is 2. The third-order valence-electron chi connectivity index (χ3n) is 2.11. The van der Waals surface area contributed by atoms with E-state index < -0.39 is 11.4 Å². The molecule has 0 radical (unpaired) electrons. The van der Waals surface area contributed by atoms with Gasteiger partial charge < -0.3 is 9.84 Å². The number of benzene rings is 1. The summed E-state index contributed by atoms with van der Waals surface area (Å²) in [6.07, 6.45) is 0. The maximum atomic E-state index is 13.3. The highest BCUT2D eigenvalue weighted by molar-refractivity contribution is 6.31. The first-order valence-electron chi connectivity index (χ1n) is 3.88. The Balaban J connectivity index is 2.49. The van der Waals surface area contributed by atoms with E-state index in [2.05, 4.69) is 0 Å². The van der Waals surface area contributed by atoms with Crippen molar-refractivity contribution in [3.63, 3.8) is 0 Å². The van der Waals surface area contributed by atoms with Crippen molar-refractivity contribution >= 4 is 11.6 Å². The van der Waals surface area contributed by atoms with Crippen molar-refractivity contribution in [2.75, 3.05) is 13.2 Å². The lowest BCUT2D eigenvalue weighted by Gasteiger charge is -2.37. The van der Waals surface area contributed by atoms with Gasteiger partial charge in [-0.25, -0.2) is 4.39 Å². The lowest BCUT2D eigenvalue weighted by atomic mass is 9.91. The second-order valence-corrected chi connectivity index (χ2v) is 3.53. The molecule has 70 valence electrons. The fraction of sp³-hybridized carbons (Fsp3) is 0.333. The SMILES string of the molecule is OC1(c2c(F)cccc2Cl)COC1. The minimum Gasteiger partial charge on any atom is -0.380 e. The quantitative estimate of drug-likeness (QED) is 0.751. The summed E-state index contributed by atoms with van der Waals surface area (Å²) in [5, 5.41) is 10.0. The van der Waals surface area contributed by atoms with Crippen LogP contribution in [-0.2, 0) is 10.3 Å². The Bertz CT molecular complexity index is 316. The molecule has 1 aromatic rings. The van der Waals surface area contributed by atoms with Crippen LogP contribution in [0.1, 0.15) is 5.56 Å². The third kappa shape index (κ3) is 1.33. The highest BCUT2D eigenvalue weighted by Gasteiger charge is 2.41. The van der Waals surface area contributed by atoms with Crippen LogP contribution in [-0.4, -0.2) is 18.3 Å². The van der Waals surface area contributed by atoms with Gasteiger partial charge in [0.2, 0.25) is 0 Å². The topological polar surface area (TPSA) is 29.5 Å². The lowest BCUT2D eigenvalue weighted by molar-refractivity contribution is -0.186. The minimum absolute atomic E-state index is 0.105. The van der Waals surface area contributed by atoms with E-state index in [1.54, 1.807) is 6.07 Å². The lowest BCUT2D eigenvalue weighted by Crippen LogP contribution is -2.47. The summed E-state index contributed by atoms with van der Waals surface area (Å²) in [5.41, 5.74) is -1.09. The van der Waals surface area contributed by atoms with Crippen LogP contribution in [0.3, 0.4) is 0 Å². The Morgan fingerprint density at radius 1 is 1.46 bits per heavy atom. The molecule has 0 aromatic heterocycles. The van der Waals surface area contributed by atoms with E-state index in [1.165, 1.54) is 12.1 Å². The number of aliphatic hydroxyl groups is 1. The number of ether oxygens (including phenoxy) is 1. The Morgan fingerprint density at radius 3 is 2.62 bits per heavy atom. The van der Waals surface area contributed by atoms with Crippen LogP contribution in [0, 0.1) is 5.82 Å². The zero-order chi connectivity index (χ0) is 9.47. The molecule has 1 aliphatic heterocycles. The van der Waals surface area contributed by atoms with E-state index in [0.717, 1.165) is 0 Å². The molecule has 1 heterocycles. The van der Waals surface area contributed by atoms with Crippen LogP contribution in [0.4, 0.5) is 4.39 Å². The molecule has 2 nitrogen and oxygen atoms in total. The summed E-state index contributed by atoms with van der Waals surface area (Å²) >= 11 is 5.77. The summed E-state index contributed by atoms with van der Waals surface area (Å²) in [6.45, 7) is 0.210. The molecule has 0 atom stereocenters. The monoisotopic (exact) mass is 202 g/mol. The summed E-state index contributed by atoms with van der Waals surface area (Å²) in [6, 6.07) is 4.33. The van der Waals surface area contributed by atoms with Crippen molar-refractivity contribution in [2.24, 2.45) is 0 Å². The van der Waals surface area contributed by atoms with Crippen LogP contribution in [0.15, 0.2) is 18.2 Å². The molecule has 0 bridgehead atoms. The molecule has 1 aliphatic rings. The van der Waals surface area contributed by atoms with Crippen molar-refractivity contribution in [3.8, 4) is 0 Å². The van der Waals surface area contributed by atoms with Crippen molar-refractivity contribution in [3.05, 3.63) is 34.6 Å². The van der Waals surface area contributed by atoms with Gasteiger partial charge in [-0.2, -0.15) is 0 Å². The van der Waals surface area contributed by atoms with E-state index >= 15 is 0 Å². The Hall–Kier alpha value is -0.640. The van der Waals surface area contributed by atoms with Gasteiger partial charge >= 0.3 is 0 Å². The maximum Gasteiger partial charge on any atom is 0.140 e. The maximum absolute atomic E-state index is 13.3. The molecular weight excluding hydrogens is 195 g/mol. The van der Waals surface area contributed by atoms with Crippen molar-refractivity contribution in [1.82, 2.24) is 0 Å². The first-order valence-corrected chi connectivity index (χ1v) is 4.26. The van der Waals surface area contributed by atoms with Gasteiger partial charge in [0.1, 0.15) is 11.4 Å². The molecule has 2 rings (SSSR count). The Labute approximate surface area is 79.9 Å². The van der Waals surface area contributed by atoms with Gasteiger partial charge in [0.05, 0.1) is 13.2 Å². The summed E-state index contributed by atoms with van der Waals surface area (Å²) < 4.78 is 18.1. The second kappa shape index (κ2) is 2.94. The molecule has 0 amide bonds. The highest BCUT2D eigenvalue weighted by Crippen LogP contribution is 2.35. The number of hydrogen-bond donors (Lipinski definition) is 1. The molecule has 0 saturated carbocycles. The van der Waals surface area contributed by atoms with E-state index in [0.29, 0.717) is 0 Å². The van der Waals surface area contributed by atoms with Crippen molar-refractivity contribution < 1.29 is 14.2 Å². The molecule has 1 saturated heterocycles. The van der Waals surface area contributed by atoms with Gasteiger partial charge in [0, 0.05) is 10.6 Å². The molecule has 1 aromatic carbocycles. The molecule has 4 heteroatoms. The predicted molar refractivity (Wildman–Crippen MR) is 46.1 cm³/mol. The van der Waals surface area contributed by atoms with E-state index in [1.807, 2.05) is 0 Å². The minimum atomic E-state index is -1.23. The zero-order valence-corrected chi connectivity index (χ0v) is 7.51. The number of halogens is 2. The smallest absolute Gasteiger partial charge is 0.140 e. The average Bonchev–Trinajstić information content (AvgIpc) is 2.01. The predicted octanol–water partition coefficient (Wildman–Crippen LogP) is 1.70. The Morgan fingerprint density at radius 2 is 2.15 bits per heavy atom. The number of rotatable bonds is 1. The van der Waals surface area contributed by atoms with Crippen molar-refractivity contribution in [1.29, 1.82) is 0 Å². The Kier molecular flexibility index (Phi) is 2.02. The first-order chi connectivity index (χ1) is 6.13. The standard InChI is InChI=1S/C9H8ClFO2/c10-6-2-1-3-7(11)8(6)9(12)4-13-5-9/h1-3,12H,4-5H2. The molecular formula is C9H8ClFO2.